The molecule has 1 amide bonds. The molecule has 2 saturated carbocycles. The van der Waals surface area contributed by atoms with Crippen molar-refractivity contribution in [1.29, 1.82) is 0 Å². The third kappa shape index (κ3) is 6.12. The average molecular weight is 663 g/mol. The van der Waals surface area contributed by atoms with Crippen LogP contribution in [0.25, 0.3) is 10.1 Å². The predicted octanol–water partition coefficient (Wildman–Crippen LogP) is 4.25. The topological polar surface area (TPSA) is 151 Å². The molecule has 2 aromatic carbocycles. The number of benzene rings is 2. The van der Waals surface area contributed by atoms with Crippen LogP contribution in [0.15, 0.2) is 36.4 Å². The summed E-state index contributed by atoms with van der Waals surface area (Å²) in [5, 5.41) is 4.86. The molecule has 3 aromatic rings. The number of aromatic nitrogens is 1. The summed E-state index contributed by atoms with van der Waals surface area (Å²) in [7, 11) is -4.08. The Morgan fingerprint density at radius 1 is 1.14 bits per heavy atom. The fourth-order valence-corrected chi connectivity index (χ4v) is 9.83. The summed E-state index contributed by atoms with van der Waals surface area (Å²) in [4.78, 5) is 28.3. The van der Waals surface area contributed by atoms with Gasteiger partial charge in [0.2, 0.25) is 5.91 Å². The number of ketones is 1. The molecular weight excluding hydrogens is 624 g/mol. The summed E-state index contributed by atoms with van der Waals surface area (Å²) in [6.45, 7) is 8.89. The van der Waals surface area contributed by atoms with Crippen LogP contribution in [0.1, 0.15) is 44.2 Å². The lowest BCUT2D eigenvalue weighted by Gasteiger charge is -2.35. The van der Waals surface area contributed by atoms with Gasteiger partial charge in [-0.3, -0.25) is 19.0 Å². The highest BCUT2D eigenvalue weighted by Gasteiger charge is 2.65. The van der Waals surface area contributed by atoms with Gasteiger partial charge in [0, 0.05) is 55.2 Å². The second-order valence-electron chi connectivity index (χ2n) is 12.8. The van der Waals surface area contributed by atoms with E-state index in [9.17, 15) is 18.0 Å². The summed E-state index contributed by atoms with van der Waals surface area (Å²) >= 11 is 8.01. The average Bonchev–Trinajstić information content (AvgIpc) is 3.64. The number of halogens is 1. The molecule has 10 nitrogen and oxygen atoms in total. The Kier molecular flexibility index (Phi) is 9.16. The molecular formula is C31H39ClN4O6S2. The van der Waals surface area contributed by atoms with Gasteiger partial charge in [0.05, 0.1) is 22.3 Å². The van der Waals surface area contributed by atoms with Crippen molar-refractivity contribution in [1.82, 2.24) is 9.27 Å². The minimum absolute atomic E-state index is 0. The fraction of sp³-hybridized carbons (Fsp3) is 0.516. The van der Waals surface area contributed by atoms with E-state index in [2.05, 4.69) is 49.8 Å². The molecule has 3 fully saturated rings. The van der Waals surface area contributed by atoms with Crippen LogP contribution in [0, 0.1) is 16.7 Å². The lowest BCUT2D eigenvalue weighted by atomic mass is 9.70. The van der Waals surface area contributed by atoms with Gasteiger partial charge >= 0.3 is 0 Å². The van der Waals surface area contributed by atoms with E-state index in [-0.39, 0.29) is 28.5 Å². The number of carbonyl (C=O) groups is 2. The van der Waals surface area contributed by atoms with Crippen molar-refractivity contribution >= 4 is 66.5 Å². The molecule has 2 bridgehead atoms. The molecule has 2 aliphatic heterocycles. The van der Waals surface area contributed by atoms with Gasteiger partial charge in [-0.25, -0.2) is 0 Å². The Bertz CT molecular complexity index is 1690. The van der Waals surface area contributed by atoms with Crippen molar-refractivity contribution in [3.8, 4) is 0 Å². The number of nitrogens with one attached hydrogen (secondary N) is 1. The minimum Gasteiger partial charge on any atom is -0.412 e. The molecule has 4 aliphatic rings. The van der Waals surface area contributed by atoms with Gasteiger partial charge in [-0.15, -0.1) is 0 Å². The lowest BCUT2D eigenvalue weighted by molar-refractivity contribution is -0.128. The first-order valence-electron chi connectivity index (χ1n) is 14.8. The molecule has 4 N–H and O–H groups in total. The molecule has 238 valence electrons. The summed E-state index contributed by atoms with van der Waals surface area (Å²) in [5.74, 6) is 1.07. The molecule has 2 unspecified atom stereocenters. The molecule has 2 atom stereocenters. The van der Waals surface area contributed by atoms with Crippen LogP contribution in [0.3, 0.4) is 0 Å². The lowest BCUT2D eigenvalue weighted by Crippen LogP contribution is -2.47. The Balaban J connectivity index is 0.000000204. The van der Waals surface area contributed by atoms with Gasteiger partial charge in [-0.05, 0) is 71.5 Å². The fourth-order valence-electron chi connectivity index (χ4n) is 7.47. The maximum Gasteiger partial charge on any atom is 0.265 e. The van der Waals surface area contributed by atoms with Crippen molar-refractivity contribution < 1.29 is 28.0 Å². The summed E-state index contributed by atoms with van der Waals surface area (Å²) < 4.78 is 36.9. The van der Waals surface area contributed by atoms with Crippen LogP contribution in [0.5, 0.6) is 0 Å². The van der Waals surface area contributed by atoms with E-state index in [0.29, 0.717) is 19.3 Å². The maximum atomic E-state index is 11.9. The third-order valence-electron chi connectivity index (χ3n) is 10.2. The zero-order valence-corrected chi connectivity index (χ0v) is 27.3. The standard InChI is InChI=1S/C21H21ClN4OS.C10H16O4S.H2O/c22-17-13-18-15(12-20(27)23-18)11-14(17)5-6-25-7-9-26(10-8-25)21-16-3-1-2-4-19(16)28-24-21;1-9(2)7-3-4-10(9,8(11)5-7)6-15(12,13)14;/h1-4,11,13H,5-10,12H2,(H,23,27);7H,3-6H2,1-2H3,(H,12,13,14);1H2. The number of hydrogen-bond donors (Lipinski definition) is 2. The third-order valence-corrected chi connectivity index (χ3v) is 12.2. The maximum absolute atomic E-state index is 11.9. The number of nitrogens with zero attached hydrogens (tertiary/aromatic N) is 3. The molecule has 0 spiro atoms. The Hall–Kier alpha value is -2.61. The SMILES string of the molecule is CC1(C)C2CCC1(CS(=O)(=O)O)C(=O)C2.O.O=C1Cc2cc(CCN3CCN(c4nsc5ccccc45)CC3)c(Cl)cc2N1. The highest BCUT2D eigenvalue weighted by Crippen LogP contribution is 2.64. The van der Waals surface area contributed by atoms with E-state index >= 15 is 0 Å². The molecule has 13 heteroatoms. The van der Waals surface area contributed by atoms with E-state index in [1.165, 1.54) is 10.1 Å². The predicted molar refractivity (Wildman–Crippen MR) is 174 cm³/mol. The first-order valence-corrected chi connectivity index (χ1v) is 17.5. The van der Waals surface area contributed by atoms with Gasteiger partial charge in [-0.1, -0.05) is 43.6 Å². The van der Waals surface area contributed by atoms with Crippen LogP contribution >= 0.6 is 23.1 Å². The summed E-state index contributed by atoms with van der Waals surface area (Å²) in [5.41, 5.74) is 1.93. The van der Waals surface area contributed by atoms with E-state index in [1.807, 2.05) is 19.9 Å². The second-order valence-corrected chi connectivity index (χ2v) is 15.5. The number of fused-ring (bicyclic) bond motifs is 4. The van der Waals surface area contributed by atoms with E-state index in [0.717, 1.165) is 73.2 Å². The largest absolute Gasteiger partial charge is 0.412 e. The normalized spacial score (nSPS) is 24.1. The highest BCUT2D eigenvalue weighted by atomic mass is 35.5. The monoisotopic (exact) mass is 662 g/mol. The van der Waals surface area contributed by atoms with Gasteiger partial charge in [0.15, 0.2) is 0 Å². The number of Topliss-reactive ketones (excluding diaryl/α,β-unsaturated/α-hetero) is 1. The Morgan fingerprint density at radius 3 is 2.52 bits per heavy atom. The molecule has 3 heterocycles. The van der Waals surface area contributed by atoms with Crippen molar-refractivity contribution in [2.24, 2.45) is 16.7 Å². The summed E-state index contributed by atoms with van der Waals surface area (Å²) in [6, 6.07) is 12.4. The highest BCUT2D eigenvalue weighted by molar-refractivity contribution is 7.85. The zero-order chi connectivity index (χ0) is 30.6. The molecule has 1 aromatic heterocycles. The quantitative estimate of drug-likeness (QED) is 0.372. The van der Waals surface area contributed by atoms with Crippen LogP contribution in [0.4, 0.5) is 11.5 Å². The van der Waals surface area contributed by atoms with Crippen LogP contribution < -0.4 is 10.2 Å². The molecule has 0 radical (unpaired) electrons. The van der Waals surface area contributed by atoms with Gasteiger partial charge in [0.25, 0.3) is 10.1 Å². The Morgan fingerprint density at radius 2 is 1.86 bits per heavy atom. The zero-order valence-electron chi connectivity index (χ0n) is 24.9. The van der Waals surface area contributed by atoms with Gasteiger partial charge in [-0.2, -0.15) is 12.8 Å². The number of amides is 1. The first kappa shape index (κ1) is 32.8. The van der Waals surface area contributed by atoms with E-state index < -0.39 is 21.3 Å². The molecule has 2 aliphatic carbocycles. The number of anilines is 2. The smallest absolute Gasteiger partial charge is 0.265 e. The number of piperazine rings is 1. The second kappa shape index (κ2) is 12.3. The van der Waals surface area contributed by atoms with Crippen LogP contribution in [-0.2, 0) is 32.5 Å². The van der Waals surface area contributed by atoms with Crippen molar-refractivity contribution in [2.45, 2.75) is 46.0 Å². The summed E-state index contributed by atoms with van der Waals surface area (Å²) in [6.07, 6.45) is 3.33. The molecule has 1 saturated heterocycles. The number of rotatable bonds is 6. The molecule has 44 heavy (non-hydrogen) atoms. The van der Waals surface area contributed by atoms with E-state index in [1.54, 1.807) is 11.5 Å². The van der Waals surface area contributed by atoms with E-state index in [4.69, 9.17) is 16.2 Å². The number of carbonyl (C=O) groups excluding carboxylic acids is 2. The Labute approximate surface area is 267 Å². The van der Waals surface area contributed by atoms with Gasteiger partial charge in [0.1, 0.15) is 11.6 Å². The van der Waals surface area contributed by atoms with Crippen LogP contribution in [-0.4, -0.2) is 77.9 Å². The molecule has 7 rings (SSSR count). The number of hydrogen-bond acceptors (Lipinski definition) is 8. The van der Waals surface area contributed by atoms with Crippen molar-refractivity contribution in [2.75, 3.05) is 48.7 Å². The van der Waals surface area contributed by atoms with Crippen molar-refractivity contribution in [3.05, 3.63) is 52.5 Å². The van der Waals surface area contributed by atoms with Crippen molar-refractivity contribution in [3.63, 3.8) is 0 Å². The van der Waals surface area contributed by atoms with Crippen LogP contribution in [0.2, 0.25) is 5.02 Å². The minimum atomic E-state index is -4.08. The van der Waals surface area contributed by atoms with Gasteiger partial charge < -0.3 is 15.7 Å². The first-order chi connectivity index (χ1) is 20.4.